The molecule has 2 atom stereocenters. The van der Waals surface area contributed by atoms with Crippen LogP contribution in [-0.4, -0.2) is 137 Å². The first-order valence-electron chi connectivity index (χ1n) is 22.1. The van der Waals surface area contributed by atoms with E-state index in [1.165, 1.54) is 12.8 Å². The van der Waals surface area contributed by atoms with Crippen molar-refractivity contribution in [3.63, 3.8) is 0 Å². The van der Waals surface area contributed by atoms with E-state index in [2.05, 4.69) is 66.6 Å². The number of ether oxygens (including phenoxy) is 1. The molecule has 2 N–H and O–H groups in total. The Morgan fingerprint density at radius 2 is 1.77 bits per heavy atom. The summed E-state index contributed by atoms with van der Waals surface area (Å²) in [5.41, 5.74) is 4.80. The standard InChI is InChI=1S/C46H54N10O5/c1-56-23-3-2-5-37(43(56)47-14-4-24-56)44(58)48-39-26-33-29-55(50-38(33)27-41(39)61-30-31-6-7-31)34-12-15-51(16-13-34)17-18-52-19-21-53(22-20-52)35-8-9-36-32(25-35)28-54(46(36)60)40-10-11-42(57)49-45(40)59/h2,4-5,8-9,14,24-27,29,31,34,40H,3,6-7,10-13,15-23,28,30H2,1H3,(H-,48,49,57,58,59)/p+1. The summed E-state index contributed by atoms with van der Waals surface area (Å²) in [6.45, 7) is 9.73. The van der Waals surface area contributed by atoms with Gasteiger partial charge in [0, 0.05) is 113 Å². The molecule has 3 saturated heterocycles. The number of allylic oxidation sites excluding steroid dienone is 1. The van der Waals surface area contributed by atoms with E-state index < -0.39 is 6.04 Å². The van der Waals surface area contributed by atoms with E-state index in [0.717, 1.165) is 106 Å². The number of hydrogen-bond acceptors (Lipinski definition) is 10. The highest BCUT2D eigenvalue weighted by Gasteiger charge is 2.40. The Bertz CT molecular complexity index is 2380. The lowest BCUT2D eigenvalue weighted by Gasteiger charge is -2.38. The third-order valence-corrected chi connectivity index (χ3v) is 13.7. The summed E-state index contributed by atoms with van der Waals surface area (Å²) in [7, 11) is 2.09. The van der Waals surface area contributed by atoms with Gasteiger partial charge in [-0.3, -0.25) is 34.1 Å². The van der Waals surface area contributed by atoms with Gasteiger partial charge >= 0.3 is 0 Å². The fraction of sp³-hybridized carbons (Fsp3) is 0.478. The first-order valence-corrected chi connectivity index (χ1v) is 22.1. The van der Waals surface area contributed by atoms with Gasteiger partial charge in [-0.15, -0.1) is 0 Å². The summed E-state index contributed by atoms with van der Waals surface area (Å²) in [4.78, 5) is 65.0. The number of nitrogens with zero attached hydrogens (tertiary/aromatic N) is 8. The summed E-state index contributed by atoms with van der Waals surface area (Å²) in [5.74, 6) is 0.979. The van der Waals surface area contributed by atoms with Crippen LogP contribution in [0.1, 0.15) is 66.9 Å². The minimum Gasteiger partial charge on any atom is -0.491 e. The molecule has 6 aliphatic heterocycles. The lowest BCUT2D eigenvalue weighted by atomic mass is 10.0. The number of anilines is 2. The third-order valence-electron chi connectivity index (χ3n) is 13.7. The molecule has 4 amide bonds. The molecule has 0 radical (unpaired) electrons. The van der Waals surface area contributed by atoms with Crippen molar-refractivity contribution >= 4 is 52.1 Å². The number of hydrogen-bond donors (Lipinski definition) is 2. The van der Waals surface area contributed by atoms with Crippen LogP contribution >= 0.6 is 0 Å². The molecule has 10 rings (SSSR count). The number of imide groups is 1. The van der Waals surface area contributed by atoms with Crippen LogP contribution in [0, 0.1) is 5.92 Å². The lowest BCUT2D eigenvalue weighted by molar-refractivity contribution is -0.821. The first kappa shape index (κ1) is 39.5. The number of likely N-dealkylation sites (tertiary alicyclic amines) is 1. The average molecular weight is 828 g/mol. The molecule has 15 heteroatoms. The highest BCUT2D eigenvalue weighted by atomic mass is 16.5. The summed E-state index contributed by atoms with van der Waals surface area (Å²) in [6.07, 6.45) is 17.8. The second-order valence-corrected chi connectivity index (χ2v) is 17.9. The van der Waals surface area contributed by atoms with Crippen LogP contribution in [0.5, 0.6) is 5.75 Å². The van der Waals surface area contributed by atoms with Crippen molar-refractivity contribution in [3.8, 4) is 5.75 Å². The van der Waals surface area contributed by atoms with Gasteiger partial charge in [-0.2, -0.15) is 5.10 Å². The second kappa shape index (κ2) is 16.3. The minimum atomic E-state index is -0.600. The molecule has 1 aliphatic carbocycles. The molecule has 0 bridgehead atoms. The predicted octanol–water partition coefficient (Wildman–Crippen LogP) is 4.20. The maximum Gasteiger partial charge on any atom is 0.263 e. The zero-order valence-corrected chi connectivity index (χ0v) is 34.9. The van der Waals surface area contributed by atoms with Crippen LogP contribution < -0.4 is 20.3 Å². The molecule has 0 spiro atoms. The number of piperazine rings is 1. The number of rotatable bonds is 11. The van der Waals surface area contributed by atoms with E-state index in [1.54, 1.807) is 11.1 Å². The molecule has 1 saturated carbocycles. The van der Waals surface area contributed by atoms with Crippen molar-refractivity contribution < 1.29 is 28.4 Å². The molecular formula is C46H55N10O5+. The quantitative estimate of drug-likeness (QED) is 0.215. The zero-order chi connectivity index (χ0) is 41.7. The molecule has 1 aromatic heterocycles. The summed E-state index contributed by atoms with van der Waals surface area (Å²) in [5, 5.41) is 11.6. The SMILES string of the molecule is C[N+]12C=CC=NC1=C(C(=O)Nc1cc3cn(C4CCN(CCN5CCN(c6ccc7c(c6)CN(C6CCC(=O)NC6=O)C7=O)CC5)CC4)nc3cc1OCC1CC1)C=CCC2. The summed E-state index contributed by atoms with van der Waals surface area (Å²) >= 11 is 0. The largest absolute Gasteiger partial charge is 0.491 e. The fourth-order valence-electron chi connectivity index (χ4n) is 9.70. The molecule has 2 aromatic carbocycles. The van der Waals surface area contributed by atoms with Crippen LogP contribution in [0.4, 0.5) is 11.4 Å². The van der Waals surface area contributed by atoms with Gasteiger partial charge in [-0.25, -0.2) is 9.48 Å². The number of aromatic nitrogens is 2. The summed E-state index contributed by atoms with van der Waals surface area (Å²) in [6, 6.07) is 9.73. The van der Waals surface area contributed by atoms with E-state index in [9.17, 15) is 19.2 Å². The fourth-order valence-corrected chi connectivity index (χ4v) is 9.70. The average Bonchev–Trinajstić information content (AvgIpc) is 3.96. The normalized spacial score (nSPS) is 24.9. The van der Waals surface area contributed by atoms with Gasteiger partial charge in [0.2, 0.25) is 17.6 Å². The van der Waals surface area contributed by atoms with Crippen LogP contribution in [0.3, 0.4) is 0 Å². The lowest BCUT2D eigenvalue weighted by Crippen LogP contribution is -2.52. The third kappa shape index (κ3) is 8.13. The maximum absolute atomic E-state index is 13.9. The Balaban J connectivity index is 0.728. The topological polar surface area (TPSA) is 145 Å². The van der Waals surface area contributed by atoms with Gasteiger partial charge in [0.05, 0.1) is 37.4 Å². The number of carbonyl (C=O) groups is 4. The maximum atomic E-state index is 13.9. The van der Waals surface area contributed by atoms with Crippen molar-refractivity contribution in [2.45, 2.75) is 63.6 Å². The molecule has 318 valence electrons. The first-order chi connectivity index (χ1) is 29.7. The molecule has 4 fully saturated rings. The van der Waals surface area contributed by atoms with Crippen molar-refractivity contribution in [2.24, 2.45) is 10.9 Å². The van der Waals surface area contributed by atoms with E-state index in [0.29, 0.717) is 58.6 Å². The Kier molecular flexibility index (Phi) is 10.6. The van der Waals surface area contributed by atoms with Crippen molar-refractivity contribution in [1.82, 2.24) is 29.8 Å². The molecule has 61 heavy (non-hydrogen) atoms. The number of fused-ring (bicyclic) bond motifs is 3. The monoisotopic (exact) mass is 827 g/mol. The molecule has 7 heterocycles. The Hall–Kier alpha value is -5.64. The minimum absolute atomic E-state index is 0.135. The highest BCUT2D eigenvalue weighted by molar-refractivity contribution is 6.08. The number of quaternary nitrogens is 1. The highest BCUT2D eigenvalue weighted by Crippen LogP contribution is 2.37. The van der Waals surface area contributed by atoms with Crippen LogP contribution in [0.25, 0.3) is 10.9 Å². The Labute approximate surface area is 355 Å². The van der Waals surface area contributed by atoms with Crippen LogP contribution in [0.15, 0.2) is 77.3 Å². The van der Waals surface area contributed by atoms with Gasteiger partial charge in [0.1, 0.15) is 23.6 Å². The number of aliphatic imine (C=N–C) groups is 1. The molecule has 3 aromatic rings. The van der Waals surface area contributed by atoms with E-state index in [1.807, 2.05) is 36.4 Å². The van der Waals surface area contributed by atoms with E-state index in [4.69, 9.17) is 9.84 Å². The number of benzene rings is 2. The van der Waals surface area contributed by atoms with Crippen molar-refractivity contribution in [1.29, 1.82) is 0 Å². The van der Waals surface area contributed by atoms with Gasteiger partial charge in [-0.1, -0.05) is 6.08 Å². The van der Waals surface area contributed by atoms with E-state index >= 15 is 0 Å². The molecule has 2 unspecified atom stereocenters. The van der Waals surface area contributed by atoms with Gasteiger partial charge < -0.3 is 24.8 Å². The molecule has 7 aliphatic rings. The summed E-state index contributed by atoms with van der Waals surface area (Å²) < 4.78 is 8.96. The zero-order valence-electron chi connectivity index (χ0n) is 34.9. The van der Waals surface area contributed by atoms with Crippen molar-refractivity contribution in [2.75, 3.05) is 82.8 Å². The molecular weight excluding hydrogens is 773 g/mol. The Morgan fingerprint density at radius 3 is 2.56 bits per heavy atom. The number of amides is 4. The van der Waals surface area contributed by atoms with Crippen LogP contribution in [0.2, 0.25) is 0 Å². The van der Waals surface area contributed by atoms with Crippen molar-refractivity contribution in [3.05, 3.63) is 83.5 Å². The number of nitrogens with one attached hydrogen (secondary N) is 2. The second-order valence-electron chi connectivity index (χ2n) is 17.9. The number of piperidine rings is 2. The Morgan fingerprint density at radius 1 is 0.967 bits per heavy atom. The van der Waals surface area contributed by atoms with Gasteiger partial charge in [-0.05, 0) is 73.9 Å². The van der Waals surface area contributed by atoms with Gasteiger partial charge in [0.15, 0.2) is 0 Å². The smallest absolute Gasteiger partial charge is 0.263 e. The van der Waals surface area contributed by atoms with Gasteiger partial charge in [0.25, 0.3) is 11.8 Å². The predicted molar refractivity (Wildman–Crippen MR) is 232 cm³/mol. The van der Waals surface area contributed by atoms with E-state index in [-0.39, 0.29) is 30.0 Å². The molecule has 15 nitrogen and oxygen atoms in total. The number of carbonyl (C=O) groups excluding carboxylic acids is 4. The van der Waals surface area contributed by atoms with Crippen LogP contribution in [-0.2, 0) is 20.9 Å².